The lowest BCUT2D eigenvalue weighted by Crippen LogP contribution is -2.41. The van der Waals surface area contributed by atoms with E-state index >= 15 is 0 Å². The second kappa shape index (κ2) is 7.80. The summed E-state index contributed by atoms with van der Waals surface area (Å²) in [7, 11) is 0. The number of piperidine rings is 1. The molecule has 0 aliphatic carbocycles. The van der Waals surface area contributed by atoms with Crippen molar-refractivity contribution < 1.29 is 9.53 Å². The van der Waals surface area contributed by atoms with Crippen molar-refractivity contribution in [1.29, 1.82) is 5.26 Å². The van der Waals surface area contributed by atoms with Gasteiger partial charge < -0.3 is 15.0 Å². The van der Waals surface area contributed by atoms with Gasteiger partial charge in [0.25, 0.3) is 0 Å². The second-order valence-corrected chi connectivity index (χ2v) is 7.59. The summed E-state index contributed by atoms with van der Waals surface area (Å²) in [6, 6.07) is 7.81. The highest BCUT2D eigenvalue weighted by molar-refractivity contribution is 5.74. The first kappa shape index (κ1) is 18.9. The molecule has 1 aliphatic heterocycles. The van der Waals surface area contributed by atoms with Crippen molar-refractivity contribution in [2.75, 3.05) is 18.0 Å². The first-order valence-electron chi connectivity index (χ1n) is 9.15. The van der Waals surface area contributed by atoms with Gasteiger partial charge >= 0.3 is 6.09 Å². The van der Waals surface area contributed by atoms with Gasteiger partial charge in [0.1, 0.15) is 11.7 Å². The van der Waals surface area contributed by atoms with Gasteiger partial charge in [0.05, 0.1) is 11.3 Å². The molecule has 0 unspecified atom stereocenters. The third kappa shape index (κ3) is 4.47. The Labute approximate surface area is 159 Å². The van der Waals surface area contributed by atoms with E-state index in [1.165, 1.54) is 4.57 Å². The number of carbonyl (C=O) groups is 1. The highest BCUT2D eigenvalue weighted by atomic mass is 16.6. The summed E-state index contributed by atoms with van der Waals surface area (Å²) in [6.45, 7) is 7.32. The van der Waals surface area contributed by atoms with Crippen LogP contribution in [0.2, 0.25) is 0 Å². The highest BCUT2D eigenvalue weighted by Gasteiger charge is 2.27. The van der Waals surface area contributed by atoms with Crippen LogP contribution in [0.4, 0.5) is 16.3 Å². The van der Waals surface area contributed by atoms with E-state index in [0.29, 0.717) is 11.4 Å². The maximum atomic E-state index is 12.4. The summed E-state index contributed by atoms with van der Waals surface area (Å²) in [5, 5.41) is 12.9. The molecule has 2 aromatic rings. The van der Waals surface area contributed by atoms with Gasteiger partial charge in [0.2, 0.25) is 0 Å². The molecule has 0 saturated carbocycles. The summed E-state index contributed by atoms with van der Waals surface area (Å²) in [5.41, 5.74) is 0.773. The Hall–Kier alpha value is -2.85. The Bertz CT molecular complexity index is 841. The normalized spacial score (nSPS) is 15.2. The van der Waals surface area contributed by atoms with E-state index in [9.17, 15) is 10.1 Å². The Balaban J connectivity index is 1.97. The Morgan fingerprint density at radius 3 is 2.78 bits per heavy atom. The van der Waals surface area contributed by atoms with Crippen LogP contribution in [0.3, 0.4) is 0 Å². The number of pyridine rings is 1. The molecule has 1 fully saturated rings. The van der Waals surface area contributed by atoms with E-state index in [0.717, 1.165) is 31.6 Å². The van der Waals surface area contributed by atoms with Crippen LogP contribution in [0, 0.1) is 11.3 Å². The van der Waals surface area contributed by atoms with E-state index in [2.05, 4.69) is 21.3 Å². The maximum Gasteiger partial charge on any atom is 0.418 e. The van der Waals surface area contributed by atoms with Crippen molar-refractivity contribution in [1.82, 2.24) is 14.9 Å². The number of nitriles is 1. The molecule has 0 aromatic carbocycles. The molecular weight excluding hydrogens is 342 g/mol. The fourth-order valence-corrected chi connectivity index (χ4v) is 3.20. The summed E-state index contributed by atoms with van der Waals surface area (Å²) in [5.74, 6) is 0.619. The lowest BCUT2D eigenvalue weighted by Gasteiger charge is -2.35. The minimum absolute atomic E-state index is 0.197. The number of nitrogens with zero attached hydrogens (tertiary/aromatic N) is 4. The first-order valence-corrected chi connectivity index (χ1v) is 9.15. The summed E-state index contributed by atoms with van der Waals surface area (Å²) < 4.78 is 6.87. The molecule has 0 amide bonds. The van der Waals surface area contributed by atoms with Crippen molar-refractivity contribution in [3.05, 3.63) is 42.4 Å². The van der Waals surface area contributed by atoms with Crippen LogP contribution in [0.1, 0.15) is 39.2 Å². The molecule has 0 bridgehead atoms. The summed E-state index contributed by atoms with van der Waals surface area (Å²) in [4.78, 5) is 18.9. The number of nitrogens with one attached hydrogen (secondary N) is 1. The summed E-state index contributed by atoms with van der Waals surface area (Å²) >= 11 is 0. The highest BCUT2D eigenvalue weighted by Crippen LogP contribution is 2.32. The lowest BCUT2D eigenvalue weighted by atomic mass is 10.0. The predicted molar refractivity (Wildman–Crippen MR) is 103 cm³/mol. The monoisotopic (exact) mass is 367 g/mol. The van der Waals surface area contributed by atoms with E-state index in [-0.39, 0.29) is 6.04 Å². The molecule has 7 heteroatoms. The van der Waals surface area contributed by atoms with Crippen LogP contribution in [-0.4, -0.2) is 40.4 Å². The van der Waals surface area contributed by atoms with Gasteiger partial charge in [-0.05, 0) is 64.9 Å². The van der Waals surface area contributed by atoms with Crippen LogP contribution in [-0.2, 0) is 4.74 Å². The average molecular weight is 367 g/mol. The van der Waals surface area contributed by atoms with Gasteiger partial charge in [0.15, 0.2) is 5.82 Å². The lowest BCUT2D eigenvalue weighted by molar-refractivity contribution is 0.0537. The maximum absolute atomic E-state index is 12.4. The molecule has 142 valence electrons. The number of ether oxygens (including phenoxy) is 1. The summed E-state index contributed by atoms with van der Waals surface area (Å²) in [6.07, 6.45) is 6.55. The molecule has 1 saturated heterocycles. The fourth-order valence-electron chi connectivity index (χ4n) is 3.20. The van der Waals surface area contributed by atoms with Crippen molar-refractivity contribution in [3.63, 3.8) is 0 Å². The second-order valence-electron chi connectivity index (χ2n) is 7.59. The van der Waals surface area contributed by atoms with Gasteiger partial charge in [-0.1, -0.05) is 0 Å². The molecule has 1 aliphatic rings. The number of hydrogen-bond acceptors (Lipinski definition) is 6. The van der Waals surface area contributed by atoms with Gasteiger partial charge in [-0.15, -0.1) is 0 Å². The smallest absolute Gasteiger partial charge is 0.418 e. The Kier molecular flexibility index (Phi) is 5.47. The Morgan fingerprint density at radius 2 is 2.11 bits per heavy atom. The SMILES string of the molecule is CC(C)(C)OC(=O)n1ccc(N(c2ncccc2C#N)C2CCNCC2)c1. The van der Waals surface area contributed by atoms with E-state index in [4.69, 9.17) is 4.74 Å². The Morgan fingerprint density at radius 1 is 1.37 bits per heavy atom. The van der Waals surface area contributed by atoms with Crippen LogP contribution in [0.25, 0.3) is 0 Å². The molecule has 0 spiro atoms. The molecule has 0 atom stereocenters. The van der Waals surface area contributed by atoms with Gasteiger partial charge in [-0.3, -0.25) is 4.57 Å². The standard InChI is InChI=1S/C20H25N5O2/c1-20(2,3)27-19(26)24-12-8-17(14-24)25(16-6-10-22-11-7-16)18-15(13-21)5-4-9-23-18/h4-5,8-9,12,14,16,22H,6-7,10-11H2,1-3H3. The molecule has 1 N–H and O–H groups in total. The topological polar surface area (TPSA) is 83.2 Å². The number of aromatic nitrogens is 2. The van der Waals surface area contributed by atoms with Crippen molar-refractivity contribution >= 4 is 17.6 Å². The van der Waals surface area contributed by atoms with Crippen molar-refractivity contribution in [3.8, 4) is 6.07 Å². The van der Waals surface area contributed by atoms with Gasteiger partial charge in [-0.2, -0.15) is 5.26 Å². The van der Waals surface area contributed by atoms with E-state index in [1.54, 1.807) is 30.7 Å². The molecule has 3 heterocycles. The first-order chi connectivity index (χ1) is 12.9. The predicted octanol–water partition coefficient (Wildman–Crippen LogP) is 3.43. The third-order valence-electron chi connectivity index (χ3n) is 4.37. The van der Waals surface area contributed by atoms with Crippen molar-refractivity contribution in [2.24, 2.45) is 0 Å². The number of hydrogen-bond donors (Lipinski definition) is 1. The van der Waals surface area contributed by atoms with Gasteiger partial charge in [0, 0.05) is 24.6 Å². The minimum Gasteiger partial charge on any atom is -0.443 e. The van der Waals surface area contributed by atoms with Crippen LogP contribution in [0.15, 0.2) is 36.8 Å². The molecule has 3 rings (SSSR count). The number of anilines is 2. The molecule has 27 heavy (non-hydrogen) atoms. The fraction of sp³-hybridized carbons (Fsp3) is 0.450. The zero-order valence-electron chi connectivity index (χ0n) is 16.0. The van der Waals surface area contributed by atoms with E-state index < -0.39 is 11.7 Å². The van der Waals surface area contributed by atoms with Crippen molar-refractivity contribution in [2.45, 2.75) is 45.3 Å². The average Bonchev–Trinajstić information content (AvgIpc) is 3.12. The quantitative estimate of drug-likeness (QED) is 0.895. The van der Waals surface area contributed by atoms with Gasteiger partial charge in [-0.25, -0.2) is 9.78 Å². The van der Waals surface area contributed by atoms with Crippen LogP contribution in [0.5, 0.6) is 0 Å². The minimum atomic E-state index is -0.564. The van der Waals surface area contributed by atoms with Crippen LogP contribution < -0.4 is 10.2 Å². The number of rotatable bonds is 3. The van der Waals surface area contributed by atoms with Crippen LogP contribution >= 0.6 is 0 Å². The number of carbonyl (C=O) groups excluding carboxylic acids is 1. The molecular formula is C20H25N5O2. The zero-order valence-corrected chi connectivity index (χ0v) is 16.0. The third-order valence-corrected chi connectivity index (χ3v) is 4.37. The zero-order chi connectivity index (χ0) is 19.4. The van der Waals surface area contributed by atoms with E-state index in [1.807, 2.05) is 26.8 Å². The largest absolute Gasteiger partial charge is 0.443 e. The molecule has 2 aromatic heterocycles. The molecule has 7 nitrogen and oxygen atoms in total. The molecule has 0 radical (unpaired) electrons.